The van der Waals surface area contributed by atoms with E-state index in [-0.39, 0.29) is 15.6 Å². The lowest BCUT2D eigenvalue weighted by Crippen LogP contribution is -2.04. The molecule has 0 bridgehead atoms. The Morgan fingerprint density at radius 1 is 1.11 bits per heavy atom. The van der Waals surface area contributed by atoms with Crippen molar-refractivity contribution in [3.05, 3.63) is 57.7 Å². The molecule has 1 aromatic heterocycles. The van der Waals surface area contributed by atoms with Gasteiger partial charge in [-0.1, -0.05) is 11.6 Å². The fraction of sp³-hybridized carbons (Fsp3) is 0. The molecule has 0 radical (unpaired) electrons. The van der Waals surface area contributed by atoms with E-state index in [2.05, 4.69) is 4.98 Å². The van der Waals surface area contributed by atoms with E-state index in [0.29, 0.717) is 5.02 Å². The molecular formula is C11H7ClN2O4S. The lowest BCUT2D eigenvalue weighted by molar-refractivity contribution is -0.385. The second kappa shape index (κ2) is 4.94. The van der Waals surface area contributed by atoms with Gasteiger partial charge in [0.1, 0.15) is 6.20 Å². The van der Waals surface area contributed by atoms with Crippen molar-refractivity contribution in [3.63, 3.8) is 0 Å². The highest BCUT2D eigenvalue weighted by Gasteiger charge is 2.20. The summed E-state index contributed by atoms with van der Waals surface area (Å²) < 4.78 is 24.3. The Kier molecular flexibility index (Phi) is 3.50. The molecule has 0 N–H and O–H groups in total. The van der Waals surface area contributed by atoms with Crippen molar-refractivity contribution in [1.29, 1.82) is 0 Å². The molecule has 0 amide bonds. The number of rotatable bonds is 3. The predicted molar refractivity (Wildman–Crippen MR) is 67.8 cm³/mol. The first-order valence-corrected chi connectivity index (χ1v) is 6.88. The molecule has 0 saturated carbocycles. The first-order chi connectivity index (χ1) is 8.91. The van der Waals surface area contributed by atoms with E-state index >= 15 is 0 Å². The van der Waals surface area contributed by atoms with Crippen molar-refractivity contribution >= 4 is 27.1 Å². The summed E-state index contributed by atoms with van der Waals surface area (Å²) in [6.45, 7) is 0. The molecule has 19 heavy (non-hydrogen) atoms. The van der Waals surface area contributed by atoms with Crippen LogP contribution >= 0.6 is 11.6 Å². The zero-order valence-corrected chi connectivity index (χ0v) is 10.9. The zero-order chi connectivity index (χ0) is 14.0. The van der Waals surface area contributed by atoms with Gasteiger partial charge in [-0.05, 0) is 30.3 Å². The molecule has 0 spiro atoms. The third kappa shape index (κ3) is 2.72. The van der Waals surface area contributed by atoms with Crippen LogP contribution in [0.3, 0.4) is 0 Å². The van der Waals surface area contributed by atoms with E-state index in [1.54, 1.807) is 0 Å². The van der Waals surface area contributed by atoms with Crippen LogP contribution in [-0.2, 0) is 9.84 Å². The summed E-state index contributed by atoms with van der Waals surface area (Å²) in [5.41, 5.74) is -0.268. The standard InChI is InChI=1S/C11H7ClN2O4S/c12-8-1-4-10(5-2-8)19(17,18)11-6-3-9(7-13-11)14(15)16/h1-7H. The fourth-order valence-electron chi connectivity index (χ4n) is 1.37. The summed E-state index contributed by atoms with van der Waals surface area (Å²) in [4.78, 5) is 13.5. The molecule has 0 unspecified atom stereocenters. The van der Waals surface area contributed by atoms with Gasteiger partial charge in [-0.25, -0.2) is 13.4 Å². The van der Waals surface area contributed by atoms with Crippen LogP contribution in [0.25, 0.3) is 0 Å². The number of nitrogens with zero attached hydrogens (tertiary/aromatic N) is 2. The fourth-order valence-corrected chi connectivity index (χ4v) is 2.67. The maximum atomic E-state index is 12.2. The largest absolute Gasteiger partial charge is 0.287 e. The monoisotopic (exact) mass is 298 g/mol. The quantitative estimate of drug-likeness (QED) is 0.641. The highest BCUT2D eigenvalue weighted by molar-refractivity contribution is 7.91. The number of benzene rings is 1. The first kappa shape index (κ1) is 13.4. The summed E-state index contributed by atoms with van der Waals surface area (Å²) in [6.07, 6.45) is 0.906. The van der Waals surface area contributed by atoms with Gasteiger partial charge < -0.3 is 0 Å². The molecule has 8 heteroatoms. The lowest BCUT2D eigenvalue weighted by Gasteiger charge is -2.03. The van der Waals surface area contributed by atoms with Gasteiger partial charge in [-0.15, -0.1) is 0 Å². The Labute approximate surface area is 113 Å². The minimum absolute atomic E-state index is 0.0262. The Morgan fingerprint density at radius 3 is 2.21 bits per heavy atom. The topological polar surface area (TPSA) is 90.2 Å². The van der Waals surface area contributed by atoms with E-state index in [1.165, 1.54) is 24.3 Å². The third-order valence-corrected chi connectivity index (χ3v) is 4.27. The van der Waals surface area contributed by atoms with E-state index in [4.69, 9.17) is 11.6 Å². The van der Waals surface area contributed by atoms with E-state index in [9.17, 15) is 18.5 Å². The van der Waals surface area contributed by atoms with Gasteiger partial charge in [0.2, 0.25) is 9.84 Å². The third-order valence-electron chi connectivity index (χ3n) is 2.33. The maximum absolute atomic E-state index is 12.2. The number of hydrogen-bond donors (Lipinski definition) is 0. The second-order valence-corrected chi connectivity index (χ2v) is 5.90. The molecule has 2 rings (SSSR count). The van der Waals surface area contributed by atoms with Crippen molar-refractivity contribution in [3.8, 4) is 0 Å². The molecule has 0 aliphatic carbocycles. The average Bonchev–Trinajstić information content (AvgIpc) is 2.39. The molecule has 1 aromatic carbocycles. The van der Waals surface area contributed by atoms with E-state index in [0.717, 1.165) is 18.3 Å². The van der Waals surface area contributed by atoms with Crippen molar-refractivity contribution in [2.24, 2.45) is 0 Å². The van der Waals surface area contributed by atoms with Gasteiger partial charge >= 0.3 is 0 Å². The lowest BCUT2D eigenvalue weighted by atomic mass is 10.4. The van der Waals surface area contributed by atoms with Crippen LogP contribution in [-0.4, -0.2) is 18.3 Å². The van der Waals surface area contributed by atoms with Crippen LogP contribution in [0.5, 0.6) is 0 Å². The van der Waals surface area contributed by atoms with Gasteiger partial charge in [0, 0.05) is 11.1 Å². The molecule has 1 heterocycles. The van der Waals surface area contributed by atoms with Gasteiger partial charge in [0.05, 0.1) is 9.82 Å². The van der Waals surface area contributed by atoms with E-state index in [1.807, 2.05) is 0 Å². The van der Waals surface area contributed by atoms with E-state index < -0.39 is 14.8 Å². The van der Waals surface area contributed by atoms with Crippen LogP contribution < -0.4 is 0 Å². The Morgan fingerprint density at radius 2 is 1.74 bits per heavy atom. The summed E-state index contributed by atoms with van der Waals surface area (Å²) in [6, 6.07) is 7.78. The second-order valence-electron chi connectivity index (χ2n) is 3.57. The smallest absolute Gasteiger partial charge is 0.258 e. The molecule has 0 aliphatic heterocycles. The number of hydrogen-bond acceptors (Lipinski definition) is 5. The highest BCUT2D eigenvalue weighted by Crippen LogP contribution is 2.22. The van der Waals surface area contributed by atoms with Gasteiger partial charge in [-0.2, -0.15) is 0 Å². The summed E-state index contributed by atoms with van der Waals surface area (Å²) >= 11 is 5.68. The van der Waals surface area contributed by atoms with Crippen LogP contribution in [0.15, 0.2) is 52.5 Å². The minimum atomic E-state index is -3.79. The van der Waals surface area contributed by atoms with Crippen molar-refractivity contribution in [2.75, 3.05) is 0 Å². The van der Waals surface area contributed by atoms with Crippen LogP contribution in [0.2, 0.25) is 5.02 Å². The normalized spacial score (nSPS) is 11.2. The SMILES string of the molecule is O=[N+]([O-])c1ccc(S(=O)(=O)c2ccc(Cl)cc2)nc1. The van der Waals surface area contributed by atoms with Crippen LogP contribution in [0.1, 0.15) is 0 Å². The van der Waals surface area contributed by atoms with Crippen molar-refractivity contribution < 1.29 is 13.3 Å². The van der Waals surface area contributed by atoms with Gasteiger partial charge in [0.15, 0.2) is 5.03 Å². The highest BCUT2D eigenvalue weighted by atomic mass is 35.5. The Bertz CT molecular complexity index is 711. The van der Waals surface area contributed by atoms with Gasteiger partial charge in [-0.3, -0.25) is 10.1 Å². The van der Waals surface area contributed by atoms with Crippen LogP contribution in [0.4, 0.5) is 5.69 Å². The zero-order valence-electron chi connectivity index (χ0n) is 9.36. The number of nitro groups is 1. The van der Waals surface area contributed by atoms with Crippen molar-refractivity contribution in [1.82, 2.24) is 4.98 Å². The summed E-state index contributed by atoms with van der Waals surface area (Å²) in [7, 11) is -3.79. The molecule has 0 atom stereocenters. The first-order valence-electron chi connectivity index (χ1n) is 5.02. The van der Waals surface area contributed by atoms with Crippen LogP contribution in [0, 0.1) is 10.1 Å². The van der Waals surface area contributed by atoms with Crippen molar-refractivity contribution in [2.45, 2.75) is 9.92 Å². The minimum Gasteiger partial charge on any atom is -0.258 e. The number of aromatic nitrogens is 1. The molecule has 98 valence electrons. The van der Waals surface area contributed by atoms with Gasteiger partial charge in [0.25, 0.3) is 5.69 Å². The average molecular weight is 299 g/mol. The molecule has 0 saturated heterocycles. The predicted octanol–water partition coefficient (Wildman–Crippen LogP) is 2.48. The molecular weight excluding hydrogens is 292 g/mol. The number of sulfone groups is 1. The molecule has 0 fully saturated rings. The Balaban J connectivity index is 2.44. The maximum Gasteiger partial charge on any atom is 0.287 e. The molecule has 0 aliphatic rings. The summed E-state index contributed by atoms with van der Waals surface area (Å²) in [5.74, 6) is 0. The Hall–Kier alpha value is -1.99. The number of halogens is 1. The summed E-state index contributed by atoms with van der Waals surface area (Å²) in [5, 5.41) is 10.6. The number of pyridine rings is 1. The molecule has 2 aromatic rings. The molecule has 6 nitrogen and oxygen atoms in total.